The third-order valence-electron chi connectivity index (χ3n) is 2.97. The van der Waals surface area contributed by atoms with Gasteiger partial charge in [-0.05, 0) is 19.9 Å². The van der Waals surface area contributed by atoms with Gasteiger partial charge >= 0.3 is 5.69 Å². The van der Waals surface area contributed by atoms with Gasteiger partial charge in [0.2, 0.25) is 0 Å². The lowest BCUT2D eigenvalue weighted by atomic mass is 10.1. The van der Waals surface area contributed by atoms with Crippen LogP contribution in [0.15, 0.2) is 18.2 Å². The Bertz CT molecular complexity index is 578. The van der Waals surface area contributed by atoms with Crippen molar-refractivity contribution in [2.24, 2.45) is 0 Å². The van der Waals surface area contributed by atoms with Crippen LogP contribution in [0, 0.1) is 21.4 Å². The quantitative estimate of drug-likeness (QED) is 0.592. The van der Waals surface area contributed by atoms with Gasteiger partial charge in [0.1, 0.15) is 0 Å². The average Bonchev–Trinajstić information content (AvgIpc) is 2.46. The smallest absolute Gasteiger partial charge is 0.310 e. The molecule has 7 heteroatoms. The lowest BCUT2D eigenvalue weighted by Crippen LogP contribution is -2.37. The van der Waals surface area contributed by atoms with Crippen LogP contribution >= 0.6 is 0 Å². The summed E-state index contributed by atoms with van der Waals surface area (Å²) in [7, 11) is 1.31. The Morgan fingerprint density at radius 1 is 1.52 bits per heavy atom. The standard InChI is InChI=1S/C14H17N3O4/c1-10(2)16(8-4-7-15)14(18)11-5-6-12(17(19)20)13(9-11)21-3/h5-6,9-10H,4,8H2,1-3H3. The van der Waals surface area contributed by atoms with E-state index in [9.17, 15) is 14.9 Å². The molecule has 0 unspecified atom stereocenters. The van der Waals surface area contributed by atoms with Crippen LogP contribution in [0.4, 0.5) is 5.69 Å². The monoisotopic (exact) mass is 291 g/mol. The van der Waals surface area contributed by atoms with Gasteiger partial charge in [0, 0.05) is 30.3 Å². The second kappa shape index (κ2) is 7.24. The van der Waals surface area contributed by atoms with E-state index < -0.39 is 4.92 Å². The highest BCUT2D eigenvalue weighted by atomic mass is 16.6. The molecule has 0 saturated heterocycles. The van der Waals surface area contributed by atoms with Gasteiger partial charge in [0.05, 0.1) is 24.5 Å². The molecule has 0 atom stereocenters. The zero-order valence-electron chi connectivity index (χ0n) is 12.2. The highest BCUT2D eigenvalue weighted by molar-refractivity contribution is 5.95. The first-order chi connectivity index (χ1) is 9.92. The summed E-state index contributed by atoms with van der Waals surface area (Å²) in [5, 5.41) is 19.5. The number of carbonyl (C=O) groups excluding carboxylic acids is 1. The molecule has 0 saturated carbocycles. The number of methoxy groups -OCH3 is 1. The Kier molecular flexibility index (Phi) is 5.67. The molecule has 1 aromatic rings. The van der Waals surface area contributed by atoms with E-state index in [0.29, 0.717) is 12.1 Å². The third kappa shape index (κ3) is 3.92. The van der Waals surface area contributed by atoms with E-state index in [1.165, 1.54) is 25.3 Å². The van der Waals surface area contributed by atoms with Crippen LogP contribution in [-0.2, 0) is 0 Å². The maximum atomic E-state index is 12.4. The van der Waals surface area contributed by atoms with Crippen molar-refractivity contribution in [2.45, 2.75) is 26.3 Å². The highest BCUT2D eigenvalue weighted by Gasteiger charge is 2.22. The molecule has 0 N–H and O–H groups in total. The maximum Gasteiger partial charge on any atom is 0.310 e. The summed E-state index contributed by atoms with van der Waals surface area (Å²) in [6, 6.07) is 5.91. The molecule has 7 nitrogen and oxygen atoms in total. The molecule has 112 valence electrons. The van der Waals surface area contributed by atoms with Gasteiger partial charge in [-0.1, -0.05) is 0 Å². The third-order valence-corrected chi connectivity index (χ3v) is 2.97. The van der Waals surface area contributed by atoms with Crippen molar-refractivity contribution in [2.75, 3.05) is 13.7 Å². The van der Waals surface area contributed by atoms with Gasteiger partial charge in [-0.25, -0.2) is 0 Å². The van der Waals surface area contributed by atoms with Crippen molar-refractivity contribution in [3.8, 4) is 11.8 Å². The number of rotatable bonds is 6. The molecule has 21 heavy (non-hydrogen) atoms. The molecular formula is C14H17N3O4. The van der Waals surface area contributed by atoms with Crippen molar-refractivity contribution >= 4 is 11.6 Å². The van der Waals surface area contributed by atoms with Crippen LogP contribution < -0.4 is 4.74 Å². The van der Waals surface area contributed by atoms with E-state index in [1.807, 2.05) is 19.9 Å². The summed E-state index contributed by atoms with van der Waals surface area (Å²) < 4.78 is 4.95. The fourth-order valence-corrected chi connectivity index (χ4v) is 1.89. The van der Waals surface area contributed by atoms with Gasteiger partial charge in [0.25, 0.3) is 5.91 Å². The lowest BCUT2D eigenvalue weighted by Gasteiger charge is -2.26. The van der Waals surface area contributed by atoms with Crippen LogP contribution in [0.25, 0.3) is 0 Å². The molecule has 1 amide bonds. The molecule has 0 aliphatic rings. The number of nitrogens with zero attached hydrogens (tertiary/aromatic N) is 3. The minimum atomic E-state index is -0.566. The zero-order valence-corrected chi connectivity index (χ0v) is 12.2. The Morgan fingerprint density at radius 3 is 2.67 bits per heavy atom. The van der Waals surface area contributed by atoms with E-state index in [1.54, 1.807) is 4.90 Å². The fraction of sp³-hybridized carbons (Fsp3) is 0.429. The first-order valence-electron chi connectivity index (χ1n) is 6.42. The van der Waals surface area contributed by atoms with E-state index in [-0.39, 0.29) is 29.8 Å². The highest BCUT2D eigenvalue weighted by Crippen LogP contribution is 2.28. The molecule has 1 rings (SSSR count). The Hall–Kier alpha value is -2.62. The van der Waals surface area contributed by atoms with Crippen molar-refractivity contribution in [1.82, 2.24) is 4.90 Å². The second-order valence-corrected chi connectivity index (χ2v) is 4.64. The molecule has 1 aromatic carbocycles. The number of hydrogen-bond donors (Lipinski definition) is 0. The van der Waals surface area contributed by atoms with Gasteiger partial charge in [0.15, 0.2) is 5.75 Å². The number of hydrogen-bond acceptors (Lipinski definition) is 5. The second-order valence-electron chi connectivity index (χ2n) is 4.64. The van der Waals surface area contributed by atoms with E-state index >= 15 is 0 Å². The van der Waals surface area contributed by atoms with E-state index in [0.717, 1.165) is 0 Å². The number of amides is 1. The summed E-state index contributed by atoms with van der Waals surface area (Å²) in [5.74, 6) is -0.247. The number of nitro groups is 1. The summed E-state index contributed by atoms with van der Waals surface area (Å²) in [6.07, 6.45) is 0.230. The molecule has 0 aliphatic carbocycles. The summed E-state index contributed by atoms with van der Waals surface area (Å²) in [4.78, 5) is 24.3. The normalized spacial score (nSPS) is 10.0. The van der Waals surface area contributed by atoms with Crippen LogP contribution in [0.3, 0.4) is 0 Å². The average molecular weight is 291 g/mol. The fourth-order valence-electron chi connectivity index (χ4n) is 1.89. The van der Waals surface area contributed by atoms with E-state index in [2.05, 4.69) is 0 Å². The molecular weight excluding hydrogens is 274 g/mol. The topological polar surface area (TPSA) is 96.5 Å². The molecule has 0 aliphatic heterocycles. The van der Waals surface area contributed by atoms with Crippen LogP contribution in [0.5, 0.6) is 5.75 Å². The zero-order chi connectivity index (χ0) is 16.0. The SMILES string of the molecule is COc1cc(C(=O)N(CCC#N)C(C)C)ccc1[N+](=O)[O-]. The summed E-state index contributed by atoms with van der Waals surface area (Å²) in [6.45, 7) is 4.00. The lowest BCUT2D eigenvalue weighted by molar-refractivity contribution is -0.385. The molecule has 0 aromatic heterocycles. The van der Waals surface area contributed by atoms with Crippen molar-refractivity contribution < 1.29 is 14.5 Å². The van der Waals surface area contributed by atoms with Crippen molar-refractivity contribution in [1.29, 1.82) is 5.26 Å². The molecule has 0 bridgehead atoms. The molecule has 0 fully saturated rings. The maximum absolute atomic E-state index is 12.4. The molecule has 0 radical (unpaired) electrons. The van der Waals surface area contributed by atoms with Crippen molar-refractivity contribution in [3.63, 3.8) is 0 Å². The molecule has 0 spiro atoms. The summed E-state index contributed by atoms with van der Waals surface area (Å²) in [5.41, 5.74) is 0.103. The number of nitriles is 1. The van der Waals surface area contributed by atoms with Crippen LogP contribution in [0.2, 0.25) is 0 Å². The predicted molar refractivity (Wildman–Crippen MR) is 76.1 cm³/mol. The molecule has 0 heterocycles. The largest absolute Gasteiger partial charge is 0.490 e. The number of carbonyl (C=O) groups is 1. The first kappa shape index (κ1) is 16.4. The Morgan fingerprint density at radius 2 is 2.19 bits per heavy atom. The van der Waals surface area contributed by atoms with Gasteiger partial charge < -0.3 is 9.64 Å². The Labute approximate surface area is 122 Å². The first-order valence-corrected chi connectivity index (χ1v) is 6.42. The van der Waals surface area contributed by atoms with E-state index in [4.69, 9.17) is 10.00 Å². The van der Waals surface area contributed by atoms with Crippen molar-refractivity contribution in [3.05, 3.63) is 33.9 Å². The minimum Gasteiger partial charge on any atom is -0.490 e. The van der Waals surface area contributed by atoms with Crippen LogP contribution in [-0.4, -0.2) is 35.4 Å². The Balaban J connectivity index is 3.11. The predicted octanol–water partition coefficient (Wildman–Crippen LogP) is 2.37. The van der Waals surface area contributed by atoms with Gasteiger partial charge in [-0.2, -0.15) is 5.26 Å². The number of nitro benzene ring substituents is 1. The van der Waals surface area contributed by atoms with Crippen LogP contribution in [0.1, 0.15) is 30.6 Å². The summed E-state index contributed by atoms with van der Waals surface area (Å²) >= 11 is 0. The number of ether oxygens (including phenoxy) is 1. The number of benzene rings is 1. The van der Waals surface area contributed by atoms with Gasteiger partial charge in [-0.15, -0.1) is 0 Å². The minimum absolute atomic E-state index is 0.0369. The van der Waals surface area contributed by atoms with Gasteiger partial charge in [-0.3, -0.25) is 14.9 Å².